The predicted molar refractivity (Wildman–Crippen MR) is 89.0 cm³/mol. The van der Waals surface area contributed by atoms with Crippen LogP contribution in [-0.2, 0) is 0 Å². The van der Waals surface area contributed by atoms with Crippen LogP contribution in [0.1, 0.15) is 5.56 Å². The number of nitro benzene ring substituents is 1. The van der Waals surface area contributed by atoms with Gasteiger partial charge >= 0.3 is 0 Å². The van der Waals surface area contributed by atoms with Crippen LogP contribution in [0.15, 0.2) is 23.6 Å². The maximum absolute atomic E-state index is 10.8. The number of nitro groups is 1. The molecule has 0 saturated heterocycles. The fourth-order valence-corrected chi connectivity index (χ4v) is 1.83. The number of nitrogens with one attached hydrogen (secondary N) is 1. The van der Waals surface area contributed by atoms with Crippen LogP contribution in [0.5, 0.6) is 0 Å². The second kappa shape index (κ2) is 8.59. The second-order valence-electron chi connectivity index (χ2n) is 3.48. The zero-order valence-corrected chi connectivity index (χ0v) is 13.7. The Morgan fingerprint density at radius 3 is 2.64 bits per heavy atom. The van der Waals surface area contributed by atoms with Crippen molar-refractivity contribution in [3.8, 4) is 0 Å². The van der Waals surface area contributed by atoms with Gasteiger partial charge in [0.05, 0.1) is 16.2 Å². The Kier molecular flexibility index (Phi) is 7.88. The molecule has 3 N–H and O–H groups in total. The summed E-state index contributed by atoms with van der Waals surface area (Å²) in [7, 11) is 0. The first-order chi connectivity index (χ1) is 9.50. The maximum Gasteiger partial charge on any atom is 0.288 e. The third-order valence-electron chi connectivity index (χ3n) is 2.23. The molecule has 0 spiro atoms. The first kappa shape index (κ1) is 20.2. The lowest BCUT2D eigenvalue weighted by atomic mass is 10.2. The van der Waals surface area contributed by atoms with Gasteiger partial charge in [0, 0.05) is 11.6 Å². The molecule has 1 aromatic heterocycles. The van der Waals surface area contributed by atoms with E-state index >= 15 is 0 Å². The number of nitrogens with two attached hydrogens (primary N) is 1. The number of hydrazone groups is 1. The van der Waals surface area contributed by atoms with Gasteiger partial charge in [0.25, 0.3) is 11.6 Å². The molecule has 2 aromatic rings. The van der Waals surface area contributed by atoms with Crippen molar-refractivity contribution in [1.29, 1.82) is 0 Å². The lowest BCUT2D eigenvalue weighted by molar-refractivity contribution is -0.384. The van der Waals surface area contributed by atoms with Gasteiger partial charge in [-0.15, -0.1) is 35.0 Å². The van der Waals surface area contributed by atoms with Crippen LogP contribution in [-0.4, -0.2) is 26.0 Å². The summed E-state index contributed by atoms with van der Waals surface area (Å²) in [5.74, 6) is 5.64. The fourth-order valence-electron chi connectivity index (χ4n) is 1.29. The number of hydrogen-bond donors (Lipinski definition) is 2. The summed E-state index contributed by atoms with van der Waals surface area (Å²) < 4.78 is 1.11. The second-order valence-corrected chi connectivity index (χ2v) is 4.27. The maximum atomic E-state index is 10.8. The SMILES string of the molecule is Cl.Cl.Nn1cnnc1NN=Cc1c(Cl)ccc([N+](=O)[O-])c1Cl. The van der Waals surface area contributed by atoms with E-state index in [-0.39, 0.29) is 52.1 Å². The van der Waals surface area contributed by atoms with E-state index in [0.717, 1.165) is 4.68 Å². The molecule has 1 heterocycles. The Morgan fingerprint density at radius 2 is 2.09 bits per heavy atom. The summed E-state index contributed by atoms with van der Waals surface area (Å²) in [6.45, 7) is 0. The molecule has 0 fully saturated rings. The van der Waals surface area contributed by atoms with Crippen LogP contribution in [0.4, 0.5) is 11.6 Å². The summed E-state index contributed by atoms with van der Waals surface area (Å²) in [4.78, 5) is 10.2. The highest BCUT2D eigenvalue weighted by Crippen LogP contribution is 2.31. The molecule has 0 aliphatic rings. The minimum absolute atomic E-state index is 0. The number of anilines is 1. The van der Waals surface area contributed by atoms with Crippen LogP contribution in [0.25, 0.3) is 0 Å². The molecule has 13 heteroatoms. The van der Waals surface area contributed by atoms with Crippen molar-refractivity contribution in [2.45, 2.75) is 0 Å². The highest BCUT2D eigenvalue weighted by Gasteiger charge is 2.17. The molecule has 1 aromatic carbocycles. The van der Waals surface area contributed by atoms with Gasteiger partial charge in [0.1, 0.15) is 11.3 Å². The standard InChI is InChI=1S/C9H7Cl2N7O2.2ClH/c10-6-1-2-7(18(19)20)8(11)5(6)3-13-15-9-16-14-4-17(9)12;;/h1-4H,12H2,(H,15,16);2*1H. The number of benzene rings is 1. The smallest absolute Gasteiger partial charge is 0.288 e. The van der Waals surface area contributed by atoms with Gasteiger partial charge in [0.2, 0.25) is 0 Å². The van der Waals surface area contributed by atoms with E-state index in [4.69, 9.17) is 29.0 Å². The first-order valence-corrected chi connectivity index (χ1v) is 5.83. The molecular weight excluding hydrogens is 380 g/mol. The van der Waals surface area contributed by atoms with Crippen LogP contribution < -0.4 is 11.3 Å². The van der Waals surface area contributed by atoms with Crippen molar-refractivity contribution in [3.05, 3.63) is 44.2 Å². The molecular formula is C9H9Cl4N7O2. The van der Waals surface area contributed by atoms with Gasteiger partial charge in [-0.05, 0) is 6.07 Å². The molecule has 0 amide bonds. The Bertz CT molecular complexity index is 691. The van der Waals surface area contributed by atoms with Crippen molar-refractivity contribution in [2.24, 2.45) is 5.10 Å². The molecule has 9 nitrogen and oxygen atoms in total. The largest absolute Gasteiger partial charge is 0.335 e. The predicted octanol–water partition coefficient (Wildman–Crippen LogP) is 2.50. The van der Waals surface area contributed by atoms with Gasteiger partial charge in [-0.3, -0.25) is 10.1 Å². The molecule has 0 atom stereocenters. The molecule has 0 radical (unpaired) electrons. The number of aromatic nitrogens is 3. The van der Waals surface area contributed by atoms with Gasteiger partial charge in [-0.25, -0.2) is 10.1 Å². The number of hydrogen-bond acceptors (Lipinski definition) is 7. The third kappa shape index (κ3) is 4.34. The van der Waals surface area contributed by atoms with Crippen LogP contribution in [0.2, 0.25) is 10.0 Å². The Morgan fingerprint density at radius 1 is 1.41 bits per heavy atom. The average Bonchev–Trinajstić information content (AvgIpc) is 2.78. The van der Waals surface area contributed by atoms with E-state index in [1.807, 2.05) is 0 Å². The molecule has 22 heavy (non-hydrogen) atoms. The number of nitrogens with zero attached hydrogens (tertiary/aromatic N) is 5. The number of halogens is 4. The van der Waals surface area contributed by atoms with E-state index in [1.165, 1.54) is 24.7 Å². The quantitative estimate of drug-likeness (QED) is 0.358. The lowest BCUT2D eigenvalue weighted by Crippen LogP contribution is -2.10. The van der Waals surface area contributed by atoms with Crippen LogP contribution >= 0.6 is 48.0 Å². The van der Waals surface area contributed by atoms with Crippen molar-refractivity contribution >= 4 is 65.9 Å². The summed E-state index contributed by atoms with van der Waals surface area (Å²) in [6, 6.07) is 2.57. The molecule has 0 unspecified atom stereocenters. The number of rotatable bonds is 4. The summed E-state index contributed by atoms with van der Waals surface area (Å²) in [6.07, 6.45) is 2.50. The number of nitrogen functional groups attached to an aromatic ring is 1. The van der Waals surface area contributed by atoms with E-state index < -0.39 is 4.92 Å². The van der Waals surface area contributed by atoms with Gasteiger partial charge < -0.3 is 5.84 Å². The van der Waals surface area contributed by atoms with E-state index in [9.17, 15) is 10.1 Å². The first-order valence-electron chi connectivity index (χ1n) is 5.07. The van der Waals surface area contributed by atoms with E-state index in [0.29, 0.717) is 0 Å². The minimum atomic E-state index is -0.611. The van der Waals surface area contributed by atoms with Crippen molar-refractivity contribution in [3.63, 3.8) is 0 Å². The zero-order chi connectivity index (χ0) is 14.7. The highest BCUT2D eigenvalue weighted by atomic mass is 35.5. The van der Waals surface area contributed by atoms with Gasteiger partial charge in [-0.2, -0.15) is 5.10 Å². The van der Waals surface area contributed by atoms with Gasteiger partial charge in [0.15, 0.2) is 0 Å². The summed E-state index contributed by atoms with van der Waals surface area (Å²) in [5, 5.41) is 21.8. The van der Waals surface area contributed by atoms with E-state index in [1.54, 1.807) is 0 Å². The van der Waals surface area contributed by atoms with Crippen LogP contribution in [0.3, 0.4) is 0 Å². The van der Waals surface area contributed by atoms with Crippen LogP contribution in [0, 0.1) is 10.1 Å². The monoisotopic (exact) mass is 387 g/mol. The van der Waals surface area contributed by atoms with Crippen molar-refractivity contribution < 1.29 is 4.92 Å². The summed E-state index contributed by atoms with van der Waals surface area (Å²) in [5.41, 5.74) is 2.43. The molecule has 120 valence electrons. The minimum Gasteiger partial charge on any atom is -0.335 e. The Labute approximate surface area is 146 Å². The molecule has 2 rings (SSSR count). The normalized spacial score (nSPS) is 9.91. The Hall–Kier alpha value is -1.81. The topological polar surface area (TPSA) is 124 Å². The van der Waals surface area contributed by atoms with Crippen molar-refractivity contribution in [2.75, 3.05) is 11.3 Å². The summed E-state index contributed by atoms with van der Waals surface area (Å²) >= 11 is 11.8. The molecule has 0 aliphatic heterocycles. The fraction of sp³-hybridized carbons (Fsp3) is 0. The zero-order valence-electron chi connectivity index (χ0n) is 10.5. The van der Waals surface area contributed by atoms with E-state index in [2.05, 4.69) is 20.7 Å². The molecule has 0 bridgehead atoms. The third-order valence-corrected chi connectivity index (χ3v) is 2.96. The highest BCUT2D eigenvalue weighted by molar-refractivity contribution is 6.40. The average molecular weight is 389 g/mol. The van der Waals surface area contributed by atoms with Gasteiger partial charge in [-0.1, -0.05) is 23.2 Å². The van der Waals surface area contributed by atoms with Crippen molar-refractivity contribution in [1.82, 2.24) is 14.9 Å². The molecule has 0 aliphatic carbocycles. The lowest BCUT2D eigenvalue weighted by Gasteiger charge is -2.02. The molecule has 0 saturated carbocycles. The Balaban J connectivity index is 0.00000220.